The summed E-state index contributed by atoms with van der Waals surface area (Å²) in [4.78, 5) is 0. The van der Waals surface area contributed by atoms with Gasteiger partial charge in [-0.2, -0.15) is 5.26 Å². The van der Waals surface area contributed by atoms with Crippen molar-refractivity contribution in [1.82, 2.24) is 5.43 Å². The van der Waals surface area contributed by atoms with Crippen LogP contribution in [0.1, 0.15) is 6.92 Å². The molecule has 0 bridgehead atoms. The summed E-state index contributed by atoms with van der Waals surface area (Å²) in [5, 5.41) is 10.8. The number of hydrogen-bond donors (Lipinski definition) is 1. The van der Waals surface area contributed by atoms with Crippen LogP contribution in [0.3, 0.4) is 0 Å². The number of rotatable bonds is 1. The number of nitrogens with one attached hydrogen (secondary N) is 1. The fraction of sp³-hybridized carbons (Fsp3) is 0.182. The maximum Gasteiger partial charge on any atom is 0.0985 e. The monoisotopic (exact) mass is 263 g/mol. The summed E-state index contributed by atoms with van der Waals surface area (Å²) in [5.41, 5.74) is 5.94. The lowest BCUT2D eigenvalue weighted by molar-refractivity contribution is 0.804. The molecular weight excluding hydrogens is 254 g/mol. The van der Waals surface area contributed by atoms with Crippen LogP contribution in [0, 0.1) is 11.3 Å². The molecular formula is C11H10BrN3. The second kappa shape index (κ2) is 3.95. The van der Waals surface area contributed by atoms with E-state index in [4.69, 9.17) is 5.26 Å². The van der Waals surface area contributed by atoms with Crippen LogP contribution in [0.2, 0.25) is 0 Å². The molecule has 2 rings (SSSR count). The Morgan fingerprint density at radius 3 is 2.60 bits per heavy atom. The van der Waals surface area contributed by atoms with E-state index in [0.717, 1.165) is 21.4 Å². The minimum atomic E-state index is 0.629. The summed E-state index contributed by atoms with van der Waals surface area (Å²) < 4.78 is 1.05. The van der Waals surface area contributed by atoms with Crippen molar-refractivity contribution in [2.24, 2.45) is 0 Å². The summed E-state index contributed by atoms with van der Waals surface area (Å²) in [7, 11) is 0. The third-order valence-corrected chi connectivity index (χ3v) is 2.87. The number of hydrazine groups is 1. The van der Waals surface area contributed by atoms with Crippen LogP contribution in [-0.4, -0.2) is 6.54 Å². The number of nitrogens with zero attached hydrogens (tertiary/aromatic N) is 2. The molecule has 0 unspecified atom stereocenters. The molecule has 1 N–H and O–H groups in total. The van der Waals surface area contributed by atoms with Crippen LogP contribution in [0.15, 0.2) is 40.0 Å². The van der Waals surface area contributed by atoms with E-state index < -0.39 is 0 Å². The first-order chi connectivity index (χ1) is 7.20. The molecule has 1 aromatic carbocycles. The fourth-order valence-corrected chi connectivity index (χ4v) is 1.75. The van der Waals surface area contributed by atoms with Gasteiger partial charge in [0.2, 0.25) is 0 Å². The quantitative estimate of drug-likeness (QED) is 0.847. The Balaban J connectivity index is 2.18. The topological polar surface area (TPSA) is 39.1 Å². The van der Waals surface area contributed by atoms with Crippen molar-refractivity contribution >= 4 is 21.6 Å². The molecule has 76 valence electrons. The number of allylic oxidation sites excluding steroid dienone is 1. The lowest BCUT2D eigenvalue weighted by atomic mass is 10.2. The molecule has 0 saturated carbocycles. The molecule has 0 spiro atoms. The van der Waals surface area contributed by atoms with E-state index in [-0.39, 0.29) is 0 Å². The molecule has 0 aromatic heterocycles. The van der Waals surface area contributed by atoms with Gasteiger partial charge in [0, 0.05) is 10.2 Å². The van der Waals surface area contributed by atoms with Gasteiger partial charge in [-0.25, -0.2) is 0 Å². The molecule has 4 heteroatoms. The average molecular weight is 264 g/mol. The molecule has 1 aromatic rings. The molecule has 1 aliphatic heterocycles. The first-order valence-corrected chi connectivity index (χ1v) is 5.39. The Labute approximate surface area is 97.1 Å². The maximum atomic E-state index is 8.86. The van der Waals surface area contributed by atoms with Gasteiger partial charge in [-0.05, 0) is 31.2 Å². The van der Waals surface area contributed by atoms with Crippen LogP contribution in [-0.2, 0) is 0 Å². The Morgan fingerprint density at radius 2 is 2.07 bits per heavy atom. The molecule has 1 heterocycles. The molecule has 0 radical (unpaired) electrons. The van der Waals surface area contributed by atoms with Crippen LogP contribution in [0.4, 0.5) is 5.69 Å². The average Bonchev–Trinajstić information content (AvgIpc) is 2.61. The van der Waals surface area contributed by atoms with Gasteiger partial charge >= 0.3 is 0 Å². The van der Waals surface area contributed by atoms with Gasteiger partial charge in [-0.3, -0.25) is 5.01 Å². The maximum absolute atomic E-state index is 8.86. The van der Waals surface area contributed by atoms with Crippen LogP contribution >= 0.6 is 15.9 Å². The second-order valence-corrected chi connectivity index (χ2v) is 4.31. The molecule has 0 aliphatic carbocycles. The van der Waals surface area contributed by atoms with E-state index in [1.807, 2.05) is 36.2 Å². The number of nitriles is 1. The Morgan fingerprint density at radius 1 is 1.40 bits per heavy atom. The predicted octanol–water partition coefficient (Wildman–Crippen LogP) is 2.57. The van der Waals surface area contributed by atoms with E-state index in [1.54, 1.807) is 0 Å². The Hall–Kier alpha value is -1.47. The highest BCUT2D eigenvalue weighted by Gasteiger charge is 2.18. The van der Waals surface area contributed by atoms with E-state index >= 15 is 0 Å². The molecule has 3 nitrogen and oxygen atoms in total. The summed E-state index contributed by atoms with van der Waals surface area (Å²) >= 11 is 3.39. The van der Waals surface area contributed by atoms with Gasteiger partial charge < -0.3 is 5.43 Å². The van der Waals surface area contributed by atoms with E-state index in [1.165, 1.54) is 0 Å². The first kappa shape index (κ1) is 10.1. The van der Waals surface area contributed by atoms with Crippen molar-refractivity contribution in [2.45, 2.75) is 6.92 Å². The summed E-state index contributed by atoms with van der Waals surface area (Å²) in [5.74, 6) is 0. The zero-order valence-electron chi connectivity index (χ0n) is 8.29. The highest BCUT2D eigenvalue weighted by atomic mass is 79.9. The number of halogens is 1. The highest BCUT2D eigenvalue weighted by Crippen LogP contribution is 2.22. The van der Waals surface area contributed by atoms with Crippen LogP contribution in [0.25, 0.3) is 0 Å². The number of benzene rings is 1. The first-order valence-electron chi connectivity index (χ1n) is 4.60. The Kier molecular flexibility index (Phi) is 2.65. The standard InChI is InChI=1S/C11H10BrN3/c1-8-9(6-13)7-15(14-8)11-4-2-10(12)3-5-11/h2-5,14H,7H2,1H3. The zero-order chi connectivity index (χ0) is 10.8. The van der Waals surface area contributed by atoms with E-state index in [0.29, 0.717) is 6.54 Å². The number of hydrogen-bond acceptors (Lipinski definition) is 3. The normalized spacial score (nSPS) is 15.1. The minimum absolute atomic E-state index is 0.629. The zero-order valence-corrected chi connectivity index (χ0v) is 9.87. The van der Waals surface area contributed by atoms with Crippen molar-refractivity contribution in [3.63, 3.8) is 0 Å². The summed E-state index contributed by atoms with van der Waals surface area (Å²) in [6.45, 7) is 2.54. The van der Waals surface area contributed by atoms with Gasteiger partial charge in [0.1, 0.15) is 0 Å². The molecule has 0 saturated heterocycles. The van der Waals surface area contributed by atoms with Crippen molar-refractivity contribution in [1.29, 1.82) is 5.26 Å². The number of anilines is 1. The van der Waals surface area contributed by atoms with Crippen molar-refractivity contribution in [3.8, 4) is 6.07 Å². The minimum Gasteiger partial charge on any atom is -0.301 e. The third-order valence-electron chi connectivity index (χ3n) is 2.34. The largest absolute Gasteiger partial charge is 0.301 e. The van der Waals surface area contributed by atoms with Gasteiger partial charge in [0.05, 0.1) is 23.9 Å². The van der Waals surface area contributed by atoms with E-state index in [2.05, 4.69) is 27.4 Å². The van der Waals surface area contributed by atoms with E-state index in [9.17, 15) is 0 Å². The molecule has 0 amide bonds. The molecule has 15 heavy (non-hydrogen) atoms. The summed E-state index contributed by atoms with van der Waals surface area (Å²) in [6, 6.07) is 10.2. The smallest absolute Gasteiger partial charge is 0.0985 e. The van der Waals surface area contributed by atoms with Crippen LogP contribution in [0.5, 0.6) is 0 Å². The second-order valence-electron chi connectivity index (χ2n) is 3.39. The molecule has 0 atom stereocenters. The SMILES string of the molecule is CC1=C(C#N)CN(c2ccc(Br)cc2)N1. The Bertz CT molecular complexity index is 442. The molecule has 1 aliphatic rings. The van der Waals surface area contributed by atoms with Gasteiger partial charge in [0.15, 0.2) is 0 Å². The summed E-state index contributed by atoms with van der Waals surface area (Å²) in [6.07, 6.45) is 0. The lowest BCUT2D eigenvalue weighted by Gasteiger charge is -2.19. The van der Waals surface area contributed by atoms with Crippen molar-refractivity contribution in [3.05, 3.63) is 40.0 Å². The van der Waals surface area contributed by atoms with Gasteiger partial charge in [-0.1, -0.05) is 15.9 Å². The third kappa shape index (κ3) is 1.97. The molecule has 0 fully saturated rings. The predicted molar refractivity (Wildman–Crippen MR) is 62.9 cm³/mol. The van der Waals surface area contributed by atoms with Gasteiger partial charge in [0.25, 0.3) is 0 Å². The van der Waals surface area contributed by atoms with Crippen molar-refractivity contribution in [2.75, 3.05) is 11.6 Å². The van der Waals surface area contributed by atoms with Crippen molar-refractivity contribution < 1.29 is 0 Å². The fourth-order valence-electron chi connectivity index (χ4n) is 1.48. The highest BCUT2D eigenvalue weighted by molar-refractivity contribution is 9.10. The van der Waals surface area contributed by atoms with Crippen LogP contribution < -0.4 is 10.4 Å². The van der Waals surface area contributed by atoms with Gasteiger partial charge in [-0.15, -0.1) is 0 Å². The lowest BCUT2D eigenvalue weighted by Crippen LogP contribution is -2.31.